The summed E-state index contributed by atoms with van der Waals surface area (Å²) in [4.78, 5) is 0. The van der Waals surface area contributed by atoms with Crippen molar-refractivity contribution in [3.8, 4) is 11.8 Å². The van der Waals surface area contributed by atoms with Gasteiger partial charge in [-0.25, -0.2) is 8.78 Å². The van der Waals surface area contributed by atoms with Crippen LogP contribution in [0.15, 0.2) is 6.07 Å². The number of ether oxygens (including phenoxy) is 1. The molecule has 68 valence electrons. The van der Waals surface area contributed by atoms with Crippen molar-refractivity contribution in [2.75, 3.05) is 12.8 Å². The van der Waals surface area contributed by atoms with Gasteiger partial charge in [0.1, 0.15) is 17.4 Å². The molecule has 1 rings (SSSR count). The van der Waals surface area contributed by atoms with Crippen LogP contribution in [0.5, 0.6) is 5.75 Å². The summed E-state index contributed by atoms with van der Waals surface area (Å²) in [7, 11) is 1.19. The zero-order chi connectivity index (χ0) is 10.0. The van der Waals surface area contributed by atoms with Crippen molar-refractivity contribution in [1.82, 2.24) is 0 Å². The van der Waals surface area contributed by atoms with Crippen LogP contribution in [-0.2, 0) is 0 Å². The predicted octanol–water partition coefficient (Wildman–Crippen LogP) is 1.43. The number of nitrogens with two attached hydrogens (primary N) is 1. The maximum Gasteiger partial charge on any atom is 0.179 e. The van der Waals surface area contributed by atoms with E-state index in [2.05, 4.69) is 4.74 Å². The molecule has 0 fully saturated rings. The lowest BCUT2D eigenvalue weighted by Crippen LogP contribution is -2.01. The Labute approximate surface area is 73.3 Å². The molecule has 1 aromatic carbocycles. The highest BCUT2D eigenvalue weighted by molar-refractivity contribution is 5.64. The quantitative estimate of drug-likeness (QED) is 0.671. The summed E-state index contributed by atoms with van der Waals surface area (Å²) >= 11 is 0. The second-order valence-corrected chi connectivity index (χ2v) is 2.27. The summed E-state index contributed by atoms with van der Waals surface area (Å²) in [6.45, 7) is 0. The van der Waals surface area contributed by atoms with Crippen molar-refractivity contribution in [3.05, 3.63) is 23.3 Å². The van der Waals surface area contributed by atoms with E-state index in [1.165, 1.54) is 13.2 Å². The molecule has 0 radical (unpaired) electrons. The second-order valence-electron chi connectivity index (χ2n) is 2.27. The maximum atomic E-state index is 12.9. The standard InChI is InChI=1S/C8H6F2N2O/c1-13-8-6(10)2-5(9)4(3-11)7(8)12/h2H,12H2,1H3. The number of rotatable bonds is 1. The van der Waals surface area contributed by atoms with Gasteiger partial charge in [0.15, 0.2) is 11.6 Å². The van der Waals surface area contributed by atoms with Gasteiger partial charge in [0, 0.05) is 6.07 Å². The van der Waals surface area contributed by atoms with Crippen molar-refractivity contribution in [1.29, 1.82) is 5.26 Å². The summed E-state index contributed by atoms with van der Waals surface area (Å²) in [5, 5.41) is 8.46. The molecule has 2 N–H and O–H groups in total. The Hall–Kier alpha value is -1.83. The van der Waals surface area contributed by atoms with Crippen LogP contribution < -0.4 is 10.5 Å². The van der Waals surface area contributed by atoms with Crippen LogP contribution >= 0.6 is 0 Å². The number of anilines is 1. The maximum absolute atomic E-state index is 12.9. The second kappa shape index (κ2) is 3.27. The minimum absolute atomic E-state index is 0.307. The molecule has 0 aliphatic heterocycles. The number of nitrogen functional groups attached to an aromatic ring is 1. The first kappa shape index (κ1) is 9.26. The van der Waals surface area contributed by atoms with Gasteiger partial charge in [0.2, 0.25) is 0 Å². The van der Waals surface area contributed by atoms with Crippen LogP contribution in [-0.4, -0.2) is 7.11 Å². The largest absolute Gasteiger partial charge is 0.492 e. The molecule has 1 aromatic rings. The number of nitriles is 1. The topological polar surface area (TPSA) is 59.0 Å². The van der Waals surface area contributed by atoms with E-state index in [0.717, 1.165) is 0 Å². The lowest BCUT2D eigenvalue weighted by Gasteiger charge is -2.07. The van der Waals surface area contributed by atoms with Crippen LogP contribution in [0.25, 0.3) is 0 Å². The zero-order valence-electron chi connectivity index (χ0n) is 6.77. The van der Waals surface area contributed by atoms with Gasteiger partial charge in [-0.05, 0) is 0 Å². The number of methoxy groups -OCH3 is 1. The van der Waals surface area contributed by atoms with Gasteiger partial charge in [-0.15, -0.1) is 0 Å². The molecule has 3 nitrogen and oxygen atoms in total. The molecule has 0 aliphatic rings. The van der Waals surface area contributed by atoms with E-state index in [-0.39, 0.29) is 11.4 Å². The number of hydrogen-bond donors (Lipinski definition) is 1. The van der Waals surface area contributed by atoms with E-state index in [1.54, 1.807) is 0 Å². The Kier molecular flexibility index (Phi) is 2.33. The van der Waals surface area contributed by atoms with Gasteiger partial charge in [-0.3, -0.25) is 0 Å². The fourth-order valence-electron chi connectivity index (χ4n) is 0.941. The third kappa shape index (κ3) is 1.38. The Morgan fingerprint density at radius 1 is 1.46 bits per heavy atom. The fourth-order valence-corrected chi connectivity index (χ4v) is 0.941. The monoisotopic (exact) mass is 184 g/mol. The number of benzene rings is 1. The molecular weight excluding hydrogens is 178 g/mol. The average Bonchev–Trinajstić information content (AvgIpc) is 2.04. The summed E-state index contributed by atoms with van der Waals surface area (Å²) in [5.74, 6) is -2.22. The first-order chi connectivity index (χ1) is 6.11. The van der Waals surface area contributed by atoms with E-state index in [1.807, 2.05) is 0 Å². The van der Waals surface area contributed by atoms with Crippen LogP contribution in [0.3, 0.4) is 0 Å². The molecule has 0 saturated carbocycles. The summed E-state index contributed by atoms with van der Waals surface area (Å²) in [6, 6.07) is 2.08. The Bertz CT molecular complexity index is 385. The lowest BCUT2D eigenvalue weighted by molar-refractivity contribution is 0.386. The number of hydrogen-bond acceptors (Lipinski definition) is 3. The summed E-state index contributed by atoms with van der Waals surface area (Å²) in [5.41, 5.74) is 4.56. The molecule has 0 spiro atoms. The molecule has 5 heteroatoms. The van der Waals surface area contributed by atoms with Gasteiger partial charge in [0.05, 0.1) is 12.8 Å². The van der Waals surface area contributed by atoms with Gasteiger partial charge >= 0.3 is 0 Å². The molecule has 0 unspecified atom stereocenters. The van der Waals surface area contributed by atoms with E-state index >= 15 is 0 Å². The summed E-state index contributed by atoms with van der Waals surface area (Å²) < 4.78 is 30.3. The van der Waals surface area contributed by atoms with Crippen LogP contribution in [0.4, 0.5) is 14.5 Å². The van der Waals surface area contributed by atoms with Crippen molar-refractivity contribution in [2.45, 2.75) is 0 Å². The molecule has 0 aromatic heterocycles. The fraction of sp³-hybridized carbons (Fsp3) is 0.125. The van der Waals surface area contributed by atoms with Crippen molar-refractivity contribution >= 4 is 5.69 Å². The Morgan fingerprint density at radius 2 is 2.08 bits per heavy atom. The Morgan fingerprint density at radius 3 is 2.54 bits per heavy atom. The molecule has 0 atom stereocenters. The third-order valence-electron chi connectivity index (χ3n) is 1.54. The van der Waals surface area contributed by atoms with Gasteiger partial charge in [-0.2, -0.15) is 5.26 Å². The SMILES string of the molecule is COc1c(F)cc(F)c(C#N)c1N. The zero-order valence-corrected chi connectivity index (χ0v) is 6.77. The molecular formula is C8H6F2N2O. The van der Waals surface area contributed by atoms with E-state index < -0.39 is 17.2 Å². The van der Waals surface area contributed by atoms with Crippen molar-refractivity contribution in [3.63, 3.8) is 0 Å². The Balaban J connectivity index is 3.51. The molecule has 0 amide bonds. The minimum atomic E-state index is -0.988. The van der Waals surface area contributed by atoms with E-state index in [4.69, 9.17) is 11.0 Å². The van der Waals surface area contributed by atoms with Crippen LogP contribution in [0.2, 0.25) is 0 Å². The first-order valence-corrected chi connectivity index (χ1v) is 3.33. The first-order valence-electron chi connectivity index (χ1n) is 3.33. The van der Waals surface area contributed by atoms with E-state index in [0.29, 0.717) is 6.07 Å². The minimum Gasteiger partial charge on any atom is -0.492 e. The highest BCUT2D eigenvalue weighted by Gasteiger charge is 2.16. The average molecular weight is 184 g/mol. The van der Waals surface area contributed by atoms with Gasteiger partial charge in [-0.1, -0.05) is 0 Å². The van der Waals surface area contributed by atoms with E-state index in [9.17, 15) is 8.78 Å². The lowest BCUT2D eigenvalue weighted by atomic mass is 10.1. The van der Waals surface area contributed by atoms with Crippen molar-refractivity contribution < 1.29 is 13.5 Å². The van der Waals surface area contributed by atoms with Gasteiger partial charge in [0.25, 0.3) is 0 Å². The highest BCUT2D eigenvalue weighted by atomic mass is 19.1. The number of halogens is 2. The van der Waals surface area contributed by atoms with Crippen LogP contribution in [0.1, 0.15) is 5.56 Å². The van der Waals surface area contributed by atoms with Crippen molar-refractivity contribution in [2.24, 2.45) is 0 Å². The molecule has 0 saturated heterocycles. The van der Waals surface area contributed by atoms with Gasteiger partial charge < -0.3 is 10.5 Å². The molecule has 0 heterocycles. The predicted molar refractivity (Wildman–Crippen MR) is 42.0 cm³/mol. The number of nitrogens with zero attached hydrogens (tertiary/aromatic N) is 1. The van der Waals surface area contributed by atoms with Crippen LogP contribution in [0, 0.1) is 23.0 Å². The smallest absolute Gasteiger partial charge is 0.179 e. The molecule has 0 bridgehead atoms. The normalized spacial score (nSPS) is 9.38. The summed E-state index contributed by atoms with van der Waals surface area (Å²) in [6.07, 6.45) is 0. The molecule has 13 heavy (non-hydrogen) atoms. The molecule has 0 aliphatic carbocycles. The highest BCUT2D eigenvalue weighted by Crippen LogP contribution is 2.29. The third-order valence-corrected chi connectivity index (χ3v) is 1.54.